The molecule has 2 N–H and O–H groups in total. The zero-order chi connectivity index (χ0) is 23.8. The minimum absolute atomic E-state index is 0.596. The van der Waals surface area contributed by atoms with Gasteiger partial charge in [-0.15, -0.1) is 0 Å². The number of pyridine rings is 3. The first-order chi connectivity index (χ1) is 17.2. The van der Waals surface area contributed by atoms with E-state index in [2.05, 4.69) is 57.9 Å². The van der Waals surface area contributed by atoms with Crippen molar-refractivity contribution in [3.05, 3.63) is 65.9 Å². The molecule has 0 aliphatic heterocycles. The van der Waals surface area contributed by atoms with Crippen LogP contribution >= 0.6 is 11.3 Å². The average molecular weight is 482 g/mol. The van der Waals surface area contributed by atoms with E-state index in [0.29, 0.717) is 6.61 Å². The van der Waals surface area contributed by atoms with E-state index in [1.165, 1.54) is 5.56 Å². The van der Waals surface area contributed by atoms with Crippen LogP contribution in [0.15, 0.2) is 65.9 Å². The van der Waals surface area contributed by atoms with Crippen molar-refractivity contribution in [2.24, 2.45) is 0 Å². The Balaban J connectivity index is 1.38. The van der Waals surface area contributed by atoms with Crippen molar-refractivity contribution < 1.29 is 4.74 Å². The van der Waals surface area contributed by atoms with Crippen LogP contribution in [0.2, 0.25) is 0 Å². The van der Waals surface area contributed by atoms with Crippen molar-refractivity contribution in [1.82, 2.24) is 35.0 Å². The summed E-state index contributed by atoms with van der Waals surface area (Å²) >= 11 is 1.68. The number of aromatic nitrogens is 6. The van der Waals surface area contributed by atoms with Gasteiger partial charge in [-0.2, -0.15) is 16.4 Å². The molecule has 0 amide bonds. The van der Waals surface area contributed by atoms with E-state index in [4.69, 9.17) is 4.74 Å². The molecule has 6 heterocycles. The van der Waals surface area contributed by atoms with Crippen LogP contribution in [0.1, 0.15) is 0 Å². The second-order valence-corrected chi connectivity index (χ2v) is 9.34. The van der Waals surface area contributed by atoms with Crippen molar-refractivity contribution in [1.29, 1.82) is 0 Å². The highest BCUT2D eigenvalue weighted by molar-refractivity contribution is 7.08. The molecule has 174 valence electrons. The molecule has 0 aliphatic rings. The molecule has 6 rings (SSSR count). The largest absolute Gasteiger partial charge is 0.491 e. The molecule has 6 aromatic heterocycles. The Morgan fingerprint density at radius 3 is 2.80 bits per heavy atom. The number of hydrogen-bond acceptors (Lipinski definition) is 7. The lowest BCUT2D eigenvalue weighted by molar-refractivity contribution is 0.261. The lowest BCUT2D eigenvalue weighted by Gasteiger charge is -2.11. The summed E-state index contributed by atoms with van der Waals surface area (Å²) in [6.07, 6.45) is 7.16. The van der Waals surface area contributed by atoms with Gasteiger partial charge in [-0.3, -0.25) is 15.1 Å². The number of hydrogen-bond donors (Lipinski definition) is 2. The normalized spacial score (nSPS) is 11.6. The molecule has 9 heteroatoms. The number of rotatable bonds is 7. The van der Waals surface area contributed by atoms with E-state index in [1.807, 2.05) is 38.5 Å². The maximum Gasteiger partial charge on any atom is 0.138 e. The van der Waals surface area contributed by atoms with Crippen LogP contribution in [0.4, 0.5) is 0 Å². The zero-order valence-electron chi connectivity index (χ0n) is 19.3. The number of nitrogens with zero attached hydrogens (tertiary/aromatic N) is 5. The quantitative estimate of drug-likeness (QED) is 0.324. The van der Waals surface area contributed by atoms with Crippen LogP contribution in [0, 0.1) is 0 Å². The van der Waals surface area contributed by atoms with E-state index >= 15 is 0 Å². The summed E-state index contributed by atoms with van der Waals surface area (Å²) in [5.74, 6) is 0.723. The van der Waals surface area contributed by atoms with E-state index in [9.17, 15) is 0 Å². The van der Waals surface area contributed by atoms with Crippen molar-refractivity contribution >= 4 is 33.3 Å². The number of likely N-dealkylation sites (N-methyl/N-ethyl adjacent to an activating group) is 1. The van der Waals surface area contributed by atoms with Gasteiger partial charge in [-0.1, -0.05) is 0 Å². The van der Waals surface area contributed by atoms with Gasteiger partial charge in [0, 0.05) is 35.3 Å². The molecular weight excluding hydrogens is 458 g/mol. The van der Waals surface area contributed by atoms with Crippen LogP contribution in [0.5, 0.6) is 5.75 Å². The first-order valence-electron chi connectivity index (χ1n) is 11.2. The summed E-state index contributed by atoms with van der Waals surface area (Å²) in [5, 5.41) is 14.0. The van der Waals surface area contributed by atoms with E-state index in [-0.39, 0.29) is 0 Å². The molecule has 35 heavy (non-hydrogen) atoms. The molecule has 0 fully saturated rings. The highest BCUT2D eigenvalue weighted by Gasteiger charge is 2.15. The number of H-pyrrole nitrogens is 2. The fourth-order valence-corrected chi connectivity index (χ4v) is 4.74. The first-order valence-corrected chi connectivity index (χ1v) is 12.2. The van der Waals surface area contributed by atoms with E-state index in [0.717, 1.165) is 62.4 Å². The molecule has 0 radical (unpaired) electrons. The number of thiophene rings is 1. The molecule has 0 spiro atoms. The highest BCUT2D eigenvalue weighted by atomic mass is 32.1. The van der Waals surface area contributed by atoms with Crippen LogP contribution in [0.25, 0.3) is 55.7 Å². The number of aromatic amines is 2. The van der Waals surface area contributed by atoms with Gasteiger partial charge < -0.3 is 14.6 Å². The van der Waals surface area contributed by atoms with Crippen LogP contribution in [-0.2, 0) is 0 Å². The van der Waals surface area contributed by atoms with E-state index < -0.39 is 0 Å². The summed E-state index contributed by atoms with van der Waals surface area (Å²) in [5.41, 5.74) is 7.45. The molecule has 0 aromatic carbocycles. The van der Waals surface area contributed by atoms with E-state index in [1.54, 1.807) is 29.9 Å². The Kier molecular flexibility index (Phi) is 5.48. The average Bonchev–Trinajstić information content (AvgIpc) is 3.62. The second-order valence-electron chi connectivity index (χ2n) is 8.56. The third-order valence-corrected chi connectivity index (χ3v) is 6.57. The highest BCUT2D eigenvalue weighted by Crippen LogP contribution is 2.34. The molecule has 6 aromatic rings. The first kappa shape index (κ1) is 21.5. The van der Waals surface area contributed by atoms with Crippen LogP contribution in [-0.4, -0.2) is 62.3 Å². The maximum atomic E-state index is 5.86. The Hall–Kier alpha value is -4.08. The van der Waals surface area contributed by atoms with Gasteiger partial charge in [0.2, 0.25) is 0 Å². The number of nitrogens with one attached hydrogen (secondary N) is 2. The maximum absolute atomic E-state index is 5.86. The Labute approximate surface area is 205 Å². The predicted octanol–water partition coefficient (Wildman–Crippen LogP) is 5.23. The van der Waals surface area contributed by atoms with Crippen LogP contribution < -0.4 is 4.74 Å². The Bertz CT molecular complexity index is 1620. The molecule has 0 aliphatic carbocycles. The third-order valence-electron chi connectivity index (χ3n) is 5.88. The SMILES string of the molecule is CN(C)CCOc1cncc(-c2cc3c(-c4cc5c(-c6ccsc6)ccnc5[nH]4)n[nH]c3cn2)c1. The summed E-state index contributed by atoms with van der Waals surface area (Å²) < 4.78 is 5.86. The Morgan fingerprint density at radius 1 is 1.00 bits per heavy atom. The summed E-state index contributed by atoms with van der Waals surface area (Å²) in [6, 6.07) is 10.3. The fraction of sp³-hybridized carbons (Fsp3) is 0.154. The molecule has 8 nitrogen and oxygen atoms in total. The van der Waals surface area contributed by atoms with Crippen molar-refractivity contribution in [3.8, 4) is 39.5 Å². The smallest absolute Gasteiger partial charge is 0.138 e. The minimum atomic E-state index is 0.596. The summed E-state index contributed by atoms with van der Waals surface area (Å²) in [6.45, 7) is 1.43. The van der Waals surface area contributed by atoms with Gasteiger partial charge in [0.15, 0.2) is 0 Å². The minimum Gasteiger partial charge on any atom is -0.491 e. The zero-order valence-corrected chi connectivity index (χ0v) is 20.1. The van der Waals surface area contributed by atoms with Gasteiger partial charge in [-0.25, -0.2) is 4.98 Å². The van der Waals surface area contributed by atoms with Gasteiger partial charge >= 0.3 is 0 Å². The molecular formula is C26H23N7OS. The standard InChI is InChI=1S/C26H23N7OS/c1-33(2)6-7-34-18-9-17(12-27-13-18)22-11-21-24(14-29-22)31-32-25(21)23-10-20-19(16-4-8-35-15-16)3-5-28-26(20)30-23/h3-5,8-15H,6-7H2,1-2H3,(H,28,30)(H,31,32). The molecule has 0 atom stereocenters. The van der Waals surface area contributed by atoms with Gasteiger partial charge in [-0.05, 0) is 66.3 Å². The van der Waals surface area contributed by atoms with Gasteiger partial charge in [0.05, 0.1) is 29.3 Å². The monoisotopic (exact) mass is 481 g/mol. The second kappa shape index (κ2) is 8.94. The lowest BCUT2D eigenvalue weighted by atomic mass is 10.1. The Morgan fingerprint density at radius 2 is 1.94 bits per heavy atom. The number of fused-ring (bicyclic) bond motifs is 2. The van der Waals surface area contributed by atoms with Gasteiger partial charge in [0.25, 0.3) is 0 Å². The predicted molar refractivity (Wildman–Crippen MR) is 140 cm³/mol. The lowest BCUT2D eigenvalue weighted by Crippen LogP contribution is -2.19. The summed E-state index contributed by atoms with van der Waals surface area (Å²) in [4.78, 5) is 19.1. The molecule has 0 unspecified atom stereocenters. The number of ether oxygens (including phenoxy) is 1. The fourth-order valence-electron chi connectivity index (χ4n) is 4.09. The topological polar surface area (TPSA) is 95.6 Å². The molecule has 0 saturated heterocycles. The van der Waals surface area contributed by atoms with Crippen molar-refractivity contribution in [3.63, 3.8) is 0 Å². The van der Waals surface area contributed by atoms with Crippen molar-refractivity contribution in [2.45, 2.75) is 0 Å². The third kappa shape index (κ3) is 4.16. The van der Waals surface area contributed by atoms with Crippen molar-refractivity contribution in [2.75, 3.05) is 27.2 Å². The van der Waals surface area contributed by atoms with Gasteiger partial charge in [0.1, 0.15) is 23.7 Å². The molecule has 0 saturated carbocycles. The summed E-state index contributed by atoms with van der Waals surface area (Å²) in [7, 11) is 4.04. The van der Waals surface area contributed by atoms with Crippen LogP contribution in [0.3, 0.4) is 0 Å². The molecule has 0 bridgehead atoms.